The number of aromatic hydroxyl groups is 1. The monoisotopic (exact) mass is 250 g/mol. The number of phenolic OH excluding ortho intramolecular Hbond substituents is 1. The van der Waals surface area contributed by atoms with Gasteiger partial charge in [-0.15, -0.1) is 0 Å². The molecule has 1 saturated heterocycles. The average molecular weight is 250 g/mol. The Morgan fingerprint density at radius 1 is 1.44 bits per heavy atom. The molecule has 6 heteroatoms. The van der Waals surface area contributed by atoms with Crippen molar-refractivity contribution >= 4 is 11.9 Å². The van der Waals surface area contributed by atoms with E-state index in [0.29, 0.717) is 11.3 Å². The fourth-order valence-electron chi connectivity index (χ4n) is 2.34. The van der Waals surface area contributed by atoms with Crippen LogP contribution in [0.1, 0.15) is 28.4 Å². The van der Waals surface area contributed by atoms with Gasteiger partial charge in [-0.25, -0.2) is 4.79 Å². The smallest absolute Gasteiger partial charge is 0.342 e. The highest BCUT2D eigenvalue weighted by atomic mass is 16.6. The number of ether oxygens (including phenoxy) is 3. The van der Waals surface area contributed by atoms with Crippen LogP contribution >= 0.6 is 0 Å². The fourth-order valence-corrected chi connectivity index (χ4v) is 2.34. The molecule has 0 amide bonds. The van der Waals surface area contributed by atoms with Crippen molar-refractivity contribution in [1.29, 1.82) is 0 Å². The molecule has 18 heavy (non-hydrogen) atoms. The summed E-state index contributed by atoms with van der Waals surface area (Å²) in [6.45, 7) is 0. The molecule has 1 aromatic carbocycles. The first kappa shape index (κ1) is 10.9. The zero-order chi connectivity index (χ0) is 12.9. The van der Waals surface area contributed by atoms with Crippen LogP contribution in [0.15, 0.2) is 12.1 Å². The van der Waals surface area contributed by atoms with Crippen molar-refractivity contribution in [1.82, 2.24) is 0 Å². The Hall–Kier alpha value is -2.24. The van der Waals surface area contributed by atoms with Crippen LogP contribution in [0.25, 0.3) is 0 Å². The van der Waals surface area contributed by atoms with Gasteiger partial charge in [0.2, 0.25) is 0 Å². The molecule has 2 heterocycles. The zero-order valence-electron chi connectivity index (χ0n) is 9.50. The highest BCUT2D eigenvalue weighted by molar-refractivity contribution is 5.95. The van der Waals surface area contributed by atoms with Crippen molar-refractivity contribution in [2.45, 2.75) is 18.6 Å². The summed E-state index contributed by atoms with van der Waals surface area (Å²) in [7, 11) is 1.22. The third kappa shape index (κ3) is 1.35. The zero-order valence-corrected chi connectivity index (χ0v) is 9.50. The Balaban J connectivity index is 2.15. The van der Waals surface area contributed by atoms with Crippen LogP contribution in [0.5, 0.6) is 11.5 Å². The van der Waals surface area contributed by atoms with Gasteiger partial charge in [0.05, 0.1) is 19.1 Å². The van der Waals surface area contributed by atoms with Crippen molar-refractivity contribution < 1.29 is 28.9 Å². The quantitative estimate of drug-likeness (QED) is 0.746. The number of carbonyl (C=O) groups excluding carboxylic acids is 2. The Morgan fingerprint density at radius 3 is 2.94 bits per heavy atom. The lowest BCUT2D eigenvalue weighted by molar-refractivity contribution is -0.141. The molecule has 1 N–H and O–H groups in total. The Bertz CT molecular complexity index is 550. The van der Waals surface area contributed by atoms with Gasteiger partial charge in [0.1, 0.15) is 17.1 Å². The summed E-state index contributed by atoms with van der Waals surface area (Å²) >= 11 is 0. The minimum absolute atomic E-state index is 0.00259. The van der Waals surface area contributed by atoms with Gasteiger partial charge in [-0.2, -0.15) is 0 Å². The molecule has 0 spiro atoms. The summed E-state index contributed by atoms with van der Waals surface area (Å²) in [6.07, 6.45) is -0.938. The second-order valence-electron chi connectivity index (χ2n) is 4.13. The van der Waals surface area contributed by atoms with Gasteiger partial charge in [0, 0.05) is 0 Å². The highest BCUT2D eigenvalue weighted by Crippen LogP contribution is 2.47. The number of rotatable bonds is 1. The van der Waals surface area contributed by atoms with Gasteiger partial charge in [0.15, 0.2) is 12.2 Å². The maximum absolute atomic E-state index is 11.7. The minimum atomic E-state index is -0.684. The molecule has 1 fully saturated rings. The number of methoxy groups -OCH3 is 1. The van der Waals surface area contributed by atoms with Crippen LogP contribution in [0.4, 0.5) is 0 Å². The number of carbonyl (C=O) groups is 2. The van der Waals surface area contributed by atoms with E-state index in [1.165, 1.54) is 13.2 Å². The number of phenols is 1. The second kappa shape index (κ2) is 3.63. The molecule has 6 nitrogen and oxygen atoms in total. The summed E-state index contributed by atoms with van der Waals surface area (Å²) in [5.74, 6) is -0.838. The van der Waals surface area contributed by atoms with E-state index in [0.717, 1.165) is 0 Å². The maximum Gasteiger partial charge on any atom is 0.342 e. The van der Waals surface area contributed by atoms with Gasteiger partial charge in [-0.3, -0.25) is 4.79 Å². The standard InChI is InChI=1S/C12H10O6/c1-16-12(15)9-5(13)2-3-6-10(9)11-7(17-6)4-8(14)18-11/h2-3,7,11,13H,4H2,1H3. The van der Waals surface area contributed by atoms with Crippen LogP contribution in [0, 0.1) is 0 Å². The molecule has 0 radical (unpaired) electrons. The molecular formula is C12H10O6. The molecular weight excluding hydrogens is 240 g/mol. The van der Waals surface area contributed by atoms with Crippen molar-refractivity contribution in [3.63, 3.8) is 0 Å². The predicted octanol–water partition coefficient (Wildman–Crippen LogP) is 0.928. The summed E-state index contributed by atoms with van der Waals surface area (Å²) in [4.78, 5) is 22.9. The van der Waals surface area contributed by atoms with E-state index in [1.807, 2.05) is 0 Å². The average Bonchev–Trinajstić information content (AvgIpc) is 2.84. The molecule has 2 aliphatic heterocycles. The van der Waals surface area contributed by atoms with Crippen LogP contribution in [0.2, 0.25) is 0 Å². The highest BCUT2D eigenvalue weighted by Gasteiger charge is 2.47. The Morgan fingerprint density at radius 2 is 2.22 bits per heavy atom. The molecule has 1 aromatic rings. The van der Waals surface area contributed by atoms with E-state index in [1.54, 1.807) is 6.07 Å². The van der Waals surface area contributed by atoms with Crippen molar-refractivity contribution in [3.8, 4) is 11.5 Å². The van der Waals surface area contributed by atoms with E-state index in [4.69, 9.17) is 9.47 Å². The SMILES string of the molecule is COC(=O)c1c(O)ccc2c1C1OC(=O)CC1O2. The molecule has 0 bridgehead atoms. The summed E-state index contributed by atoms with van der Waals surface area (Å²) in [5.41, 5.74) is 0.384. The lowest BCUT2D eigenvalue weighted by Gasteiger charge is -2.11. The lowest BCUT2D eigenvalue weighted by atomic mass is 9.99. The molecule has 2 unspecified atom stereocenters. The fraction of sp³-hybridized carbons (Fsp3) is 0.333. The first-order chi connectivity index (χ1) is 8.61. The van der Waals surface area contributed by atoms with E-state index in [2.05, 4.69) is 4.74 Å². The summed E-state index contributed by atoms with van der Waals surface area (Å²) in [5, 5.41) is 9.77. The Kier molecular flexibility index (Phi) is 2.19. The number of hydrogen-bond acceptors (Lipinski definition) is 6. The van der Waals surface area contributed by atoms with E-state index in [9.17, 15) is 14.7 Å². The molecule has 94 valence electrons. The van der Waals surface area contributed by atoms with Crippen molar-refractivity contribution in [2.24, 2.45) is 0 Å². The molecule has 2 aliphatic rings. The summed E-state index contributed by atoms with van der Waals surface area (Å²) in [6, 6.07) is 2.90. The van der Waals surface area contributed by atoms with Crippen molar-refractivity contribution in [2.75, 3.05) is 7.11 Å². The largest absolute Gasteiger partial charge is 0.507 e. The normalized spacial score (nSPS) is 23.9. The van der Waals surface area contributed by atoms with Crippen molar-refractivity contribution in [3.05, 3.63) is 23.3 Å². The third-order valence-corrected chi connectivity index (χ3v) is 3.10. The van der Waals surface area contributed by atoms with E-state index < -0.39 is 18.2 Å². The minimum Gasteiger partial charge on any atom is -0.507 e. The molecule has 0 aliphatic carbocycles. The Labute approximate surface area is 102 Å². The topological polar surface area (TPSA) is 82.1 Å². The van der Waals surface area contributed by atoms with Gasteiger partial charge in [0.25, 0.3) is 0 Å². The van der Waals surface area contributed by atoms with Crippen LogP contribution in [0.3, 0.4) is 0 Å². The van der Waals surface area contributed by atoms with Crippen LogP contribution in [-0.2, 0) is 14.3 Å². The molecule has 0 saturated carbocycles. The second-order valence-corrected chi connectivity index (χ2v) is 4.13. The molecule has 2 atom stereocenters. The van der Waals surface area contributed by atoms with Crippen LogP contribution < -0.4 is 4.74 Å². The molecule has 0 aromatic heterocycles. The lowest BCUT2D eigenvalue weighted by Crippen LogP contribution is -2.13. The van der Waals surface area contributed by atoms with Crippen LogP contribution in [-0.4, -0.2) is 30.3 Å². The number of hydrogen-bond donors (Lipinski definition) is 1. The van der Waals surface area contributed by atoms with Gasteiger partial charge < -0.3 is 19.3 Å². The van der Waals surface area contributed by atoms with Gasteiger partial charge in [-0.1, -0.05) is 0 Å². The third-order valence-electron chi connectivity index (χ3n) is 3.10. The molecule has 3 rings (SSSR count). The van der Waals surface area contributed by atoms with Gasteiger partial charge in [-0.05, 0) is 12.1 Å². The summed E-state index contributed by atoms with van der Waals surface area (Å²) < 4.78 is 15.3. The maximum atomic E-state index is 11.7. The number of benzene rings is 1. The number of fused-ring (bicyclic) bond motifs is 3. The first-order valence-corrected chi connectivity index (χ1v) is 5.42. The first-order valence-electron chi connectivity index (χ1n) is 5.42. The van der Waals surface area contributed by atoms with E-state index >= 15 is 0 Å². The predicted molar refractivity (Wildman–Crippen MR) is 57.3 cm³/mol. The van der Waals surface area contributed by atoms with E-state index in [-0.39, 0.29) is 23.7 Å². The van der Waals surface area contributed by atoms with Gasteiger partial charge >= 0.3 is 11.9 Å². The number of esters is 2.